The van der Waals surface area contributed by atoms with E-state index in [2.05, 4.69) is 4.99 Å². The van der Waals surface area contributed by atoms with Crippen molar-refractivity contribution < 1.29 is 14.9 Å². The molecule has 0 aromatic rings. The van der Waals surface area contributed by atoms with Crippen molar-refractivity contribution >= 4 is 12.4 Å². The molecule has 4 heteroatoms. The first-order valence-corrected chi connectivity index (χ1v) is 2.37. The minimum absolute atomic E-state index is 0.565. The van der Waals surface area contributed by atoms with Crippen molar-refractivity contribution in [2.24, 2.45) is 0 Å². The standard InChI is InChI=1S/C4H6N2O2/c7-4(8)6-2-1-5-3-6/h3H,1-2H2,(H,7,8)/p+1. The third-order valence-electron chi connectivity index (χ3n) is 0.990. The van der Waals surface area contributed by atoms with E-state index in [1.54, 1.807) is 0 Å². The average Bonchev–Trinajstić information content (AvgIpc) is 2.12. The minimum Gasteiger partial charge on any atom is -0.447 e. The summed E-state index contributed by atoms with van der Waals surface area (Å²) in [7, 11) is 0. The second-order valence-electron chi connectivity index (χ2n) is 1.56. The van der Waals surface area contributed by atoms with Crippen molar-refractivity contribution in [1.82, 2.24) is 4.90 Å². The molecule has 0 aliphatic carbocycles. The Bertz CT molecular complexity index is 132. The van der Waals surface area contributed by atoms with E-state index >= 15 is 0 Å². The molecule has 1 aliphatic rings. The Balaban J connectivity index is 2.48. The molecule has 0 saturated heterocycles. The van der Waals surface area contributed by atoms with Crippen LogP contribution in [0.3, 0.4) is 0 Å². The molecule has 2 N–H and O–H groups in total. The molecule has 44 valence electrons. The summed E-state index contributed by atoms with van der Waals surface area (Å²) in [4.78, 5) is 14.0. The Morgan fingerprint density at radius 3 is 2.88 bits per heavy atom. The summed E-state index contributed by atoms with van der Waals surface area (Å²) in [6.07, 6.45) is 0.567. The SMILES string of the molecule is O=C(O)N1C=[NH+]CC1. The Hall–Kier alpha value is -1.06. The zero-order chi connectivity index (χ0) is 5.98. The van der Waals surface area contributed by atoms with Crippen LogP contribution in [0.25, 0.3) is 0 Å². The summed E-state index contributed by atoms with van der Waals surface area (Å²) in [5.74, 6) is 0. The molecule has 1 rings (SSSR count). The van der Waals surface area contributed by atoms with Gasteiger partial charge in [0.1, 0.15) is 13.1 Å². The van der Waals surface area contributed by atoms with Crippen molar-refractivity contribution in [3.05, 3.63) is 0 Å². The highest BCUT2D eigenvalue weighted by Gasteiger charge is 2.19. The molecule has 1 aliphatic heterocycles. The lowest BCUT2D eigenvalue weighted by Crippen LogP contribution is -2.66. The molecule has 0 radical (unpaired) electrons. The van der Waals surface area contributed by atoms with Gasteiger partial charge in [-0.05, 0) is 0 Å². The fraction of sp³-hybridized carbons (Fsp3) is 0.500. The number of carboxylic acid groups (broad SMARTS) is 1. The third-order valence-corrected chi connectivity index (χ3v) is 0.990. The van der Waals surface area contributed by atoms with E-state index in [9.17, 15) is 4.79 Å². The van der Waals surface area contributed by atoms with Crippen LogP contribution >= 0.6 is 0 Å². The maximum absolute atomic E-state index is 10.1. The molecule has 0 spiro atoms. The normalized spacial score (nSPS) is 17.2. The Labute approximate surface area is 46.4 Å². The van der Waals surface area contributed by atoms with Gasteiger partial charge in [-0.25, -0.2) is 0 Å². The smallest absolute Gasteiger partial charge is 0.447 e. The van der Waals surface area contributed by atoms with Crippen LogP contribution < -0.4 is 4.99 Å². The van der Waals surface area contributed by atoms with Crippen LogP contribution in [0.5, 0.6) is 0 Å². The molecule has 0 bridgehead atoms. The zero-order valence-corrected chi connectivity index (χ0v) is 4.29. The van der Waals surface area contributed by atoms with Gasteiger partial charge in [-0.3, -0.25) is 4.99 Å². The van der Waals surface area contributed by atoms with Crippen molar-refractivity contribution in [2.45, 2.75) is 0 Å². The maximum atomic E-state index is 10.1. The van der Waals surface area contributed by atoms with E-state index < -0.39 is 6.09 Å². The maximum Gasteiger partial charge on any atom is 0.504 e. The first-order valence-electron chi connectivity index (χ1n) is 2.37. The number of amides is 1. The number of nitrogens with one attached hydrogen (secondary N) is 1. The lowest BCUT2D eigenvalue weighted by atomic mass is 10.6. The Morgan fingerprint density at radius 2 is 2.62 bits per heavy atom. The van der Waals surface area contributed by atoms with Crippen LogP contribution in [-0.4, -0.2) is 35.5 Å². The van der Waals surface area contributed by atoms with Crippen LogP contribution in [0.2, 0.25) is 0 Å². The molecule has 8 heavy (non-hydrogen) atoms. The minimum atomic E-state index is -0.894. The molecule has 0 aromatic carbocycles. The number of hydrogen-bond acceptors (Lipinski definition) is 1. The van der Waals surface area contributed by atoms with Gasteiger partial charge in [0.25, 0.3) is 0 Å². The zero-order valence-electron chi connectivity index (χ0n) is 4.29. The molecule has 1 amide bonds. The predicted octanol–water partition coefficient (Wildman–Crippen LogP) is -1.91. The molecule has 0 saturated carbocycles. The first-order chi connectivity index (χ1) is 3.80. The van der Waals surface area contributed by atoms with E-state index in [4.69, 9.17) is 5.11 Å². The van der Waals surface area contributed by atoms with Gasteiger partial charge >= 0.3 is 6.09 Å². The second-order valence-corrected chi connectivity index (χ2v) is 1.56. The van der Waals surface area contributed by atoms with Crippen LogP contribution in [0.1, 0.15) is 0 Å². The van der Waals surface area contributed by atoms with Gasteiger partial charge in [0.15, 0.2) is 0 Å². The quantitative estimate of drug-likeness (QED) is 0.387. The number of carbonyl (C=O) groups is 1. The predicted molar refractivity (Wildman–Crippen MR) is 26.6 cm³/mol. The summed E-state index contributed by atoms with van der Waals surface area (Å²) in [6.45, 7) is 1.29. The molecule has 1 heterocycles. The van der Waals surface area contributed by atoms with Crippen molar-refractivity contribution in [3.8, 4) is 0 Å². The fourth-order valence-electron chi connectivity index (χ4n) is 0.575. The summed E-state index contributed by atoms with van der Waals surface area (Å²) in [5.41, 5.74) is 0. The molecule has 0 unspecified atom stereocenters. The second kappa shape index (κ2) is 1.81. The van der Waals surface area contributed by atoms with Gasteiger partial charge in [-0.2, -0.15) is 9.69 Å². The van der Waals surface area contributed by atoms with Gasteiger partial charge in [-0.15, -0.1) is 0 Å². The summed E-state index contributed by atoms with van der Waals surface area (Å²) < 4.78 is 0. The molecular formula is C4H7N2O2+. The van der Waals surface area contributed by atoms with E-state index in [1.165, 1.54) is 11.2 Å². The van der Waals surface area contributed by atoms with Gasteiger partial charge in [0, 0.05) is 0 Å². The van der Waals surface area contributed by atoms with Crippen LogP contribution in [0.15, 0.2) is 0 Å². The average molecular weight is 115 g/mol. The fourth-order valence-corrected chi connectivity index (χ4v) is 0.575. The molecule has 0 fully saturated rings. The van der Waals surface area contributed by atoms with Gasteiger partial charge in [0.05, 0.1) is 0 Å². The largest absolute Gasteiger partial charge is 0.504 e. The van der Waals surface area contributed by atoms with E-state index in [0.29, 0.717) is 6.54 Å². The summed E-state index contributed by atoms with van der Waals surface area (Å²) >= 11 is 0. The third kappa shape index (κ3) is 0.776. The van der Waals surface area contributed by atoms with Gasteiger partial charge in [0.2, 0.25) is 6.34 Å². The molecule has 0 aromatic heterocycles. The monoisotopic (exact) mass is 115 g/mol. The first kappa shape index (κ1) is 5.08. The summed E-state index contributed by atoms with van der Waals surface area (Å²) in [6, 6.07) is 0. The van der Waals surface area contributed by atoms with E-state index in [1.807, 2.05) is 0 Å². The van der Waals surface area contributed by atoms with Crippen LogP contribution in [0, 0.1) is 0 Å². The number of hydrogen-bond donors (Lipinski definition) is 2. The molecule has 4 nitrogen and oxygen atoms in total. The Morgan fingerprint density at radius 1 is 1.88 bits per heavy atom. The molecular weight excluding hydrogens is 108 g/mol. The Kier molecular flexibility index (Phi) is 1.15. The van der Waals surface area contributed by atoms with Crippen LogP contribution in [0.4, 0.5) is 4.79 Å². The van der Waals surface area contributed by atoms with Crippen molar-refractivity contribution in [1.29, 1.82) is 0 Å². The highest BCUT2D eigenvalue weighted by atomic mass is 16.4. The van der Waals surface area contributed by atoms with Crippen molar-refractivity contribution in [2.75, 3.05) is 13.1 Å². The highest BCUT2D eigenvalue weighted by molar-refractivity contribution is 5.79. The van der Waals surface area contributed by atoms with Gasteiger partial charge < -0.3 is 5.11 Å². The van der Waals surface area contributed by atoms with E-state index in [0.717, 1.165) is 6.54 Å². The number of nitrogens with zero attached hydrogens (tertiary/aromatic N) is 1. The highest BCUT2D eigenvalue weighted by Crippen LogP contribution is 1.81. The van der Waals surface area contributed by atoms with Crippen molar-refractivity contribution in [3.63, 3.8) is 0 Å². The van der Waals surface area contributed by atoms with E-state index in [-0.39, 0.29) is 0 Å². The van der Waals surface area contributed by atoms with Crippen LogP contribution in [-0.2, 0) is 0 Å². The molecule has 0 atom stereocenters. The topological polar surface area (TPSA) is 54.5 Å². The number of rotatable bonds is 0. The summed E-state index contributed by atoms with van der Waals surface area (Å²) in [5, 5.41) is 8.27. The lowest BCUT2D eigenvalue weighted by Gasteiger charge is -1.93. The lowest BCUT2D eigenvalue weighted by molar-refractivity contribution is -0.439. The van der Waals surface area contributed by atoms with Gasteiger partial charge in [-0.1, -0.05) is 0 Å².